The third kappa shape index (κ3) is 10.6. The number of ether oxygens (including phenoxy) is 3. The van der Waals surface area contributed by atoms with E-state index in [4.69, 9.17) is 29.4 Å². The Bertz CT molecular complexity index is 1170. The Hall–Kier alpha value is -3.11. The van der Waals surface area contributed by atoms with E-state index in [0.717, 1.165) is 5.56 Å². The van der Waals surface area contributed by atoms with Crippen molar-refractivity contribution >= 4 is 25.3 Å². The molecule has 0 bridgehead atoms. The summed E-state index contributed by atoms with van der Waals surface area (Å²) in [6.07, 6.45) is -5.64. The van der Waals surface area contributed by atoms with E-state index >= 15 is 0 Å². The van der Waals surface area contributed by atoms with Crippen molar-refractivity contribution in [1.29, 1.82) is 0 Å². The molecule has 3 rings (SSSR count). The summed E-state index contributed by atoms with van der Waals surface area (Å²) in [5.74, 6) is -0.696. The van der Waals surface area contributed by atoms with Gasteiger partial charge in [0.15, 0.2) is 18.4 Å². The highest BCUT2D eigenvalue weighted by atomic mass is 31.2. The van der Waals surface area contributed by atoms with Gasteiger partial charge in [-0.1, -0.05) is 30.3 Å². The van der Waals surface area contributed by atoms with Crippen LogP contribution in [0.25, 0.3) is 0 Å². The number of benzene rings is 2. The van der Waals surface area contributed by atoms with Crippen molar-refractivity contribution in [3.05, 3.63) is 60.2 Å². The van der Waals surface area contributed by atoms with Crippen molar-refractivity contribution in [2.75, 3.05) is 25.9 Å². The molecule has 42 heavy (non-hydrogen) atoms. The minimum atomic E-state index is -3.83. The van der Waals surface area contributed by atoms with Crippen LogP contribution in [0.3, 0.4) is 0 Å². The molecule has 2 aromatic rings. The molecule has 1 amide bonds. The van der Waals surface area contributed by atoms with E-state index in [0.29, 0.717) is 11.4 Å². The highest BCUT2D eigenvalue weighted by molar-refractivity contribution is 7.50. The molecule has 1 saturated heterocycles. The van der Waals surface area contributed by atoms with Crippen LogP contribution in [0.15, 0.2) is 54.6 Å². The van der Waals surface area contributed by atoms with Gasteiger partial charge in [-0.3, -0.25) is 14.2 Å². The summed E-state index contributed by atoms with van der Waals surface area (Å²) in [6, 6.07) is 13.6. The number of hydrogen-bond acceptors (Lipinski definition) is 12. The molecule has 2 aromatic carbocycles. The van der Waals surface area contributed by atoms with E-state index in [1.165, 1.54) is 33.1 Å². The molecule has 2 unspecified atom stereocenters. The number of methoxy groups -OCH3 is 1. The van der Waals surface area contributed by atoms with Crippen molar-refractivity contribution < 1.29 is 57.9 Å². The highest BCUT2D eigenvalue weighted by Gasteiger charge is 2.48. The SMILES string of the molecule is COc1ccc(N(OC)[C@@H](C)C(=O)O[C@H]2[C@H](O)[C@@H](CO)OC(O)[C@@H]2NC(C)=O)cc1.NP(=O)(O)OCc1ccccc1. The summed E-state index contributed by atoms with van der Waals surface area (Å²) in [5, 5.41) is 33.6. The molecule has 1 heterocycles. The molecule has 7 atom stereocenters. The van der Waals surface area contributed by atoms with Crippen molar-refractivity contribution in [3.63, 3.8) is 0 Å². The molecule has 234 valence electrons. The van der Waals surface area contributed by atoms with Gasteiger partial charge in [0.25, 0.3) is 0 Å². The zero-order chi connectivity index (χ0) is 31.4. The Labute approximate surface area is 243 Å². The van der Waals surface area contributed by atoms with Crippen LogP contribution in [0, 0.1) is 0 Å². The highest BCUT2D eigenvalue weighted by Crippen LogP contribution is 2.32. The van der Waals surface area contributed by atoms with Gasteiger partial charge in [-0.25, -0.2) is 19.9 Å². The van der Waals surface area contributed by atoms with Crippen LogP contribution in [0.2, 0.25) is 0 Å². The quantitative estimate of drug-likeness (QED) is 0.113. The second-order valence-corrected chi connectivity index (χ2v) is 10.5. The first-order chi connectivity index (χ1) is 19.8. The van der Waals surface area contributed by atoms with Gasteiger partial charge in [0.1, 0.15) is 24.0 Å². The average molecular weight is 616 g/mol. The predicted octanol–water partition coefficient (Wildman–Crippen LogP) is 0.201. The van der Waals surface area contributed by atoms with Gasteiger partial charge in [0.2, 0.25) is 5.91 Å². The molecule has 1 aliphatic rings. The van der Waals surface area contributed by atoms with Gasteiger partial charge >= 0.3 is 13.7 Å². The second kappa shape index (κ2) is 16.5. The molecule has 0 spiro atoms. The summed E-state index contributed by atoms with van der Waals surface area (Å²) >= 11 is 0. The number of anilines is 1. The van der Waals surface area contributed by atoms with Crippen molar-refractivity contribution in [2.24, 2.45) is 5.50 Å². The lowest BCUT2D eigenvalue weighted by atomic mass is 9.96. The van der Waals surface area contributed by atoms with E-state index in [1.54, 1.807) is 36.4 Å². The fraction of sp³-hybridized carbons (Fsp3) is 0.462. The molecule has 15 nitrogen and oxygen atoms in total. The predicted molar refractivity (Wildman–Crippen MR) is 149 cm³/mol. The molecule has 0 aliphatic carbocycles. The van der Waals surface area contributed by atoms with E-state index in [9.17, 15) is 29.5 Å². The standard InChI is InChI=1S/C19H28N2O9.C7H10NO3P/c1-10(21(28-4)12-5-7-13(27-3)8-6-12)18(25)30-17-15(20-11(2)23)19(26)29-14(9-22)16(17)24;8-12(9,10)11-6-7-4-2-1-3-5-7/h5-8,10,14-17,19,22,24,26H,9H2,1-4H3,(H,20,23);1-5H,6H2,(H3,8,9,10)/t10-,14+,15+,16+,17+,19?;/m0./s1. The largest absolute Gasteiger partial charge is 0.497 e. The van der Waals surface area contributed by atoms with E-state index < -0.39 is 62.9 Å². The Balaban J connectivity index is 0.000000428. The zero-order valence-corrected chi connectivity index (χ0v) is 24.5. The van der Waals surface area contributed by atoms with Gasteiger partial charge in [0.05, 0.1) is 33.1 Å². The monoisotopic (exact) mass is 615 g/mol. The fourth-order valence-electron chi connectivity index (χ4n) is 3.90. The summed E-state index contributed by atoms with van der Waals surface area (Å²) < 4.78 is 30.6. The lowest BCUT2D eigenvalue weighted by Crippen LogP contribution is -2.65. The first-order valence-corrected chi connectivity index (χ1v) is 14.3. The Morgan fingerprint density at radius 1 is 1.12 bits per heavy atom. The number of nitrogens with one attached hydrogen (secondary N) is 1. The van der Waals surface area contributed by atoms with Crippen LogP contribution in [-0.2, 0) is 39.6 Å². The topological polar surface area (TPSA) is 220 Å². The summed E-state index contributed by atoms with van der Waals surface area (Å²) in [5.41, 5.74) is 6.13. The lowest BCUT2D eigenvalue weighted by Gasteiger charge is -2.42. The van der Waals surface area contributed by atoms with E-state index in [2.05, 4.69) is 9.84 Å². The van der Waals surface area contributed by atoms with E-state index in [-0.39, 0.29) is 6.61 Å². The molecular formula is C26H38N3O12P. The Kier molecular flexibility index (Phi) is 13.8. The minimum absolute atomic E-state index is 0.0606. The fourth-order valence-corrected chi connectivity index (χ4v) is 4.23. The second-order valence-electron chi connectivity index (χ2n) is 9.07. The molecule has 0 radical (unpaired) electrons. The minimum Gasteiger partial charge on any atom is -0.497 e. The number of aliphatic hydroxyl groups excluding tert-OH is 3. The maximum absolute atomic E-state index is 12.8. The number of hydroxylamine groups is 1. The van der Waals surface area contributed by atoms with Crippen LogP contribution in [0.5, 0.6) is 5.75 Å². The zero-order valence-electron chi connectivity index (χ0n) is 23.6. The maximum Gasteiger partial charge on any atom is 0.400 e. The number of carbonyl (C=O) groups is 2. The third-order valence-corrected chi connectivity index (χ3v) is 6.47. The van der Waals surface area contributed by atoms with Gasteiger partial charge in [-0.15, -0.1) is 0 Å². The number of nitrogens with zero attached hydrogens (tertiary/aromatic N) is 1. The maximum atomic E-state index is 12.8. The number of aliphatic hydroxyl groups is 3. The van der Waals surface area contributed by atoms with Crippen LogP contribution in [0.1, 0.15) is 19.4 Å². The number of hydrogen-bond donors (Lipinski definition) is 6. The van der Waals surface area contributed by atoms with Crippen molar-refractivity contribution in [3.8, 4) is 5.75 Å². The first-order valence-electron chi connectivity index (χ1n) is 12.7. The first kappa shape index (κ1) is 35.1. The third-order valence-electron chi connectivity index (χ3n) is 5.97. The molecule has 7 N–H and O–H groups in total. The molecule has 1 fully saturated rings. The van der Waals surface area contributed by atoms with Gasteiger partial charge in [-0.05, 0) is 36.8 Å². The molecule has 0 aromatic heterocycles. The number of rotatable bonds is 11. The van der Waals surface area contributed by atoms with Gasteiger partial charge < -0.3 is 39.7 Å². The smallest absolute Gasteiger partial charge is 0.400 e. The Morgan fingerprint density at radius 2 is 1.74 bits per heavy atom. The van der Waals surface area contributed by atoms with E-state index in [1.807, 2.05) is 18.2 Å². The molecule has 0 saturated carbocycles. The molecule has 16 heteroatoms. The summed E-state index contributed by atoms with van der Waals surface area (Å²) in [4.78, 5) is 38.2. The van der Waals surface area contributed by atoms with Crippen molar-refractivity contribution in [1.82, 2.24) is 5.32 Å². The van der Waals surface area contributed by atoms with Crippen molar-refractivity contribution in [2.45, 2.75) is 57.1 Å². The number of carbonyl (C=O) groups excluding carboxylic acids is 2. The number of nitrogens with two attached hydrogens (primary N) is 1. The Morgan fingerprint density at radius 3 is 2.24 bits per heavy atom. The summed E-state index contributed by atoms with van der Waals surface area (Å²) in [7, 11) is -0.924. The average Bonchev–Trinajstić information content (AvgIpc) is 2.96. The van der Waals surface area contributed by atoms with Crippen LogP contribution in [0.4, 0.5) is 5.69 Å². The van der Waals surface area contributed by atoms with Crippen LogP contribution in [-0.4, -0.2) is 89.6 Å². The van der Waals surface area contributed by atoms with Crippen LogP contribution >= 0.6 is 7.75 Å². The normalized spacial score (nSPS) is 23.8. The lowest BCUT2D eigenvalue weighted by molar-refractivity contribution is -0.259. The number of esters is 1. The van der Waals surface area contributed by atoms with Crippen LogP contribution < -0.4 is 20.6 Å². The number of amides is 1. The van der Waals surface area contributed by atoms with Gasteiger partial charge in [-0.2, -0.15) is 0 Å². The summed E-state index contributed by atoms with van der Waals surface area (Å²) in [6.45, 7) is 2.17. The molecular weight excluding hydrogens is 577 g/mol. The van der Waals surface area contributed by atoms with Gasteiger partial charge in [0, 0.05) is 6.92 Å². The molecule has 1 aliphatic heterocycles.